The second-order valence-electron chi connectivity index (χ2n) is 6.59. The van der Waals surface area contributed by atoms with Crippen LogP contribution in [-0.4, -0.2) is 17.1 Å². The van der Waals surface area contributed by atoms with Gasteiger partial charge in [-0.15, -0.1) is 0 Å². The number of nitrogens with zero attached hydrogens (tertiary/aromatic N) is 2. The molecule has 27 heavy (non-hydrogen) atoms. The average Bonchev–Trinajstić information content (AvgIpc) is 2.70. The molecule has 0 spiro atoms. The fourth-order valence-electron chi connectivity index (χ4n) is 2.84. The van der Waals surface area contributed by atoms with E-state index in [2.05, 4.69) is 48.6 Å². The van der Waals surface area contributed by atoms with Crippen molar-refractivity contribution >= 4 is 23.0 Å². The topological polar surface area (TPSA) is 54.4 Å². The van der Waals surface area contributed by atoms with Crippen molar-refractivity contribution in [2.75, 3.05) is 0 Å². The minimum atomic E-state index is -0.255. The van der Waals surface area contributed by atoms with Gasteiger partial charge in [0, 0.05) is 17.2 Å². The van der Waals surface area contributed by atoms with E-state index in [0.29, 0.717) is 11.5 Å². The Morgan fingerprint density at radius 2 is 1.85 bits per heavy atom. The number of allylic oxidation sites excluding steroid dienone is 2. The summed E-state index contributed by atoms with van der Waals surface area (Å²) < 4.78 is 0. The fourth-order valence-corrected chi connectivity index (χ4v) is 2.84. The van der Waals surface area contributed by atoms with Crippen LogP contribution >= 0.6 is 0 Å². The third kappa shape index (κ3) is 4.29. The molecule has 0 atom stereocenters. The van der Waals surface area contributed by atoms with E-state index >= 15 is 0 Å². The van der Waals surface area contributed by atoms with Crippen molar-refractivity contribution in [3.63, 3.8) is 0 Å². The first-order valence-electron chi connectivity index (χ1n) is 9.05. The van der Waals surface area contributed by atoms with Crippen molar-refractivity contribution < 1.29 is 4.79 Å². The number of hydrazone groups is 1. The SMILES string of the molecule is CC=CC=NNC(=O)c1cc(-c2ccc(C(C)C)cc2)nc2ccccc12. The molecule has 0 radical (unpaired) electrons. The second-order valence-corrected chi connectivity index (χ2v) is 6.59. The van der Waals surface area contributed by atoms with Crippen molar-refractivity contribution in [3.8, 4) is 11.3 Å². The molecule has 0 saturated carbocycles. The lowest BCUT2D eigenvalue weighted by Gasteiger charge is -2.10. The zero-order valence-electron chi connectivity index (χ0n) is 15.8. The number of benzene rings is 2. The highest BCUT2D eigenvalue weighted by atomic mass is 16.2. The van der Waals surface area contributed by atoms with Gasteiger partial charge in [-0.2, -0.15) is 5.10 Å². The van der Waals surface area contributed by atoms with Crippen LogP contribution in [0.2, 0.25) is 0 Å². The summed E-state index contributed by atoms with van der Waals surface area (Å²) in [6, 6.07) is 17.8. The summed E-state index contributed by atoms with van der Waals surface area (Å²) in [6.45, 7) is 6.22. The van der Waals surface area contributed by atoms with Crippen molar-refractivity contribution in [2.24, 2.45) is 5.10 Å². The molecule has 1 heterocycles. The molecule has 1 N–H and O–H groups in total. The molecule has 0 aliphatic carbocycles. The number of fused-ring (bicyclic) bond motifs is 1. The van der Waals surface area contributed by atoms with Crippen LogP contribution in [0.5, 0.6) is 0 Å². The first kappa shape index (κ1) is 18.5. The summed E-state index contributed by atoms with van der Waals surface area (Å²) in [6.07, 6.45) is 5.15. The number of carbonyl (C=O) groups excluding carboxylic acids is 1. The van der Waals surface area contributed by atoms with Crippen LogP contribution in [0.4, 0.5) is 0 Å². The molecule has 136 valence electrons. The molecule has 3 rings (SSSR count). The highest BCUT2D eigenvalue weighted by Crippen LogP contribution is 2.26. The van der Waals surface area contributed by atoms with E-state index in [4.69, 9.17) is 4.98 Å². The Morgan fingerprint density at radius 3 is 2.56 bits per heavy atom. The summed E-state index contributed by atoms with van der Waals surface area (Å²) in [5.41, 5.74) is 6.95. The van der Waals surface area contributed by atoms with Gasteiger partial charge in [-0.25, -0.2) is 10.4 Å². The monoisotopic (exact) mass is 357 g/mol. The number of pyridine rings is 1. The maximum absolute atomic E-state index is 12.7. The normalized spacial score (nSPS) is 11.7. The lowest BCUT2D eigenvalue weighted by atomic mass is 9.99. The van der Waals surface area contributed by atoms with Crippen LogP contribution in [0, 0.1) is 0 Å². The largest absolute Gasteiger partial charge is 0.272 e. The number of hydrogen-bond acceptors (Lipinski definition) is 3. The molecule has 0 aliphatic heterocycles. The van der Waals surface area contributed by atoms with Gasteiger partial charge < -0.3 is 0 Å². The molecule has 0 unspecified atom stereocenters. The van der Waals surface area contributed by atoms with Gasteiger partial charge in [0.2, 0.25) is 0 Å². The van der Waals surface area contributed by atoms with Gasteiger partial charge in [-0.3, -0.25) is 4.79 Å². The van der Waals surface area contributed by atoms with Crippen molar-refractivity contribution in [3.05, 3.63) is 77.9 Å². The standard InChI is InChI=1S/C23H23N3O/c1-4-5-14-24-26-23(27)20-15-22(25-21-9-7-6-8-19(20)21)18-12-10-17(11-13-18)16(2)3/h4-16H,1-3H3,(H,26,27). The summed E-state index contributed by atoms with van der Waals surface area (Å²) >= 11 is 0. The molecule has 1 amide bonds. The van der Waals surface area contributed by atoms with Crippen LogP contribution in [0.25, 0.3) is 22.2 Å². The minimum absolute atomic E-state index is 0.255. The maximum atomic E-state index is 12.7. The second kappa shape index (κ2) is 8.41. The summed E-state index contributed by atoms with van der Waals surface area (Å²) in [5.74, 6) is 0.217. The molecule has 3 aromatic rings. The van der Waals surface area contributed by atoms with Gasteiger partial charge in [-0.05, 0) is 36.6 Å². The number of aromatic nitrogens is 1. The molecule has 2 aromatic carbocycles. The third-order valence-corrected chi connectivity index (χ3v) is 4.35. The van der Waals surface area contributed by atoms with E-state index in [9.17, 15) is 4.79 Å². The third-order valence-electron chi connectivity index (χ3n) is 4.35. The number of carbonyl (C=O) groups is 1. The molecule has 4 heteroatoms. The number of hydrogen-bond donors (Lipinski definition) is 1. The zero-order chi connectivity index (χ0) is 19.2. The Morgan fingerprint density at radius 1 is 1.11 bits per heavy atom. The number of amides is 1. The first-order chi connectivity index (χ1) is 13.1. The minimum Gasteiger partial charge on any atom is -0.267 e. The van der Waals surface area contributed by atoms with E-state index in [0.717, 1.165) is 22.2 Å². The molecular formula is C23H23N3O. The van der Waals surface area contributed by atoms with Gasteiger partial charge in [0.15, 0.2) is 0 Å². The Labute approximate surface area is 159 Å². The lowest BCUT2D eigenvalue weighted by molar-refractivity contribution is 0.0957. The zero-order valence-corrected chi connectivity index (χ0v) is 15.8. The van der Waals surface area contributed by atoms with Crippen molar-refractivity contribution in [1.82, 2.24) is 10.4 Å². The molecule has 0 saturated heterocycles. The van der Waals surface area contributed by atoms with Gasteiger partial charge in [-0.1, -0.05) is 62.4 Å². The predicted octanol–water partition coefficient (Wildman–Crippen LogP) is 5.32. The van der Waals surface area contributed by atoms with Crippen LogP contribution in [0.15, 0.2) is 71.9 Å². The Hall–Kier alpha value is -3.27. The number of para-hydroxylation sites is 1. The number of nitrogens with one attached hydrogen (secondary N) is 1. The van der Waals surface area contributed by atoms with Crippen LogP contribution in [0.1, 0.15) is 42.6 Å². The fraction of sp³-hybridized carbons (Fsp3) is 0.174. The molecule has 4 nitrogen and oxygen atoms in total. The Balaban J connectivity index is 2.03. The molecule has 0 aliphatic rings. The molecule has 1 aromatic heterocycles. The quantitative estimate of drug-likeness (QED) is 0.496. The molecule has 0 bridgehead atoms. The lowest BCUT2D eigenvalue weighted by Crippen LogP contribution is -2.18. The Kier molecular flexibility index (Phi) is 5.77. The van der Waals surface area contributed by atoms with Crippen LogP contribution in [-0.2, 0) is 0 Å². The smallest absolute Gasteiger partial charge is 0.267 e. The molecular weight excluding hydrogens is 334 g/mol. The number of rotatable bonds is 5. The van der Waals surface area contributed by atoms with Gasteiger partial charge in [0.1, 0.15) is 0 Å². The van der Waals surface area contributed by atoms with Gasteiger partial charge >= 0.3 is 0 Å². The van der Waals surface area contributed by atoms with Crippen molar-refractivity contribution in [1.29, 1.82) is 0 Å². The van der Waals surface area contributed by atoms with E-state index in [1.165, 1.54) is 5.56 Å². The highest BCUT2D eigenvalue weighted by Gasteiger charge is 2.13. The van der Waals surface area contributed by atoms with E-state index in [1.54, 1.807) is 12.3 Å². The summed E-state index contributed by atoms with van der Waals surface area (Å²) in [7, 11) is 0. The predicted molar refractivity (Wildman–Crippen MR) is 112 cm³/mol. The van der Waals surface area contributed by atoms with E-state index in [-0.39, 0.29) is 5.91 Å². The average molecular weight is 357 g/mol. The maximum Gasteiger partial charge on any atom is 0.272 e. The highest BCUT2D eigenvalue weighted by molar-refractivity contribution is 6.07. The molecule has 0 fully saturated rings. The van der Waals surface area contributed by atoms with Crippen LogP contribution < -0.4 is 5.43 Å². The summed E-state index contributed by atoms with van der Waals surface area (Å²) in [5, 5.41) is 4.75. The van der Waals surface area contributed by atoms with Gasteiger partial charge in [0.25, 0.3) is 5.91 Å². The van der Waals surface area contributed by atoms with E-state index < -0.39 is 0 Å². The van der Waals surface area contributed by atoms with E-state index in [1.807, 2.05) is 43.3 Å². The van der Waals surface area contributed by atoms with Crippen LogP contribution in [0.3, 0.4) is 0 Å². The first-order valence-corrected chi connectivity index (χ1v) is 9.05. The van der Waals surface area contributed by atoms with Gasteiger partial charge in [0.05, 0.1) is 16.8 Å². The summed E-state index contributed by atoms with van der Waals surface area (Å²) in [4.78, 5) is 17.4. The Bertz CT molecular complexity index is 1000. The van der Waals surface area contributed by atoms with Crippen molar-refractivity contribution in [2.45, 2.75) is 26.7 Å².